The summed E-state index contributed by atoms with van der Waals surface area (Å²) in [5, 5.41) is 0. The molecule has 0 saturated carbocycles. The van der Waals surface area contributed by atoms with Crippen molar-refractivity contribution in [1.29, 1.82) is 0 Å². The SMILES string of the molecule is CC(O[SiH2])c1ccccc1. The van der Waals surface area contributed by atoms with Crippen molar-refractivity contribution >= 4 is 10.5 Å². The minimum atomic E-state index is 0.222. The van der Waals surface area contributed by atoms with Crippen molar-refractivity contribution in [3.8, 4) is 0 Å². The van der Waals surface area contributed by atoms with Crippen molar-refractivity contribution in [2.45, 2.75) is 13.0 Å². The molecular formula is C8H11OSi. The number of hydrogen-bond acceptors (Lipinski definition) is 1. The summed E-state index contributed by atoms with van der Waals surface area (Å²) in [5.74, 6) is 0. The normalized spacial score (nSPS) is 13.0. The van der Waals surface area contributed by atoms with Gasteiger partial charge in [-0.15, -0.1) is 0 Å². The first kappa shape index (κ1) is 7.50. The summed E-state index contributed by atoms with van der Waals surface area (Å²) in [6.45, 7) is 2.04. The Kier molecular flexibility index (Phi) is 2.65. The van der Waals surface area contributed by atoms with Crippen LogP contribution in [0.3, 0.4) is 0 Å². The van der Waals surface area contributed by atoms with Gasteiger partial charge in [0.2, 0.25) is 0 Å². The summed E-state index contributed by atoms with van der Waals surface area (Å²) in [4.78, 5) is 0. The van der Waals surface area contributed by atoms with E-state index in [2.05, 4.69) is 12.1 Å². The molecule has 0 aromatic heterocycles. The van der Waals surface area contributed by atoms with Crippen molar-refractivity contribution in [1.82, 2.24) is 0 Å². The van der Waals surface area contributed by atoms with E-state index in [1.165, 1.54) is 16.0 Å². The zero-order valence-corrected chi connectivity index (χ0v) is 7.49. The second-order valence-corrected chi connectivity index (χ2v) is 2.55. The number of rotatable bonds is 2. The molecule has 0 fully saturated rings. The Labute approximate surface area is 64.6 Å². The van der Waals surface area contributed by atoms with Crippen LogP contribution in [0.2, 0.25) is 0 Å². The maximum Gasteiger partial charge on any atom is 0.175 e. The third-order valence-corrected chi connectivity index (χ3v) is 2.02. The van der Waals surface area contributed by atoms with Crippen LogP contribution in [0.25, 0.3) is 0 Å². The third kappa shape index (κ3) is 1.69. The Balaban J connectivity index is 2.75. The van der Waals surface area contributed by atoms with Crippen molar-refractivity contribution in [2.24, 2.45) is 0 Å². The molecule has 1 atom stereocenters. The van der Waals surface area contributed by atoms with Crippen LogP contribution in [0, 0.1) is 0 Å². The molecule has 0 spiro atoms. The van der Waals surface area contributed by atoms with Gasteiger partial charge in [0, 0.05) is 0 Å². The first-order valence-corrected chi connectivity index (χ1v) is 3.88. The molecule has 0 N–H and O–H groups in total. The molecule has 1 aromatic carbocycles. The maximum absolute atomic E-state index is 5.16. The fraction of sp³-hybridized carbons (Fsp3) is 0.250. The van der Waals surface area contributed by atoms with Crippen LogP contribution in [-0.2, 0) is 4.43 Å². The van der Waals surface area contributed by atoms with Gasteiger partial charge in [-0.05, 0) is 12.5 Å². The van der Waals surface area contributed by atoms with E-state index < -0.39 is 0 Å². The van der Waals surface area contributed by atoms with Gasteiger partial charge in [0.05, 0.1) is 6.10 Å². The summed E-state index contributed by atoms with van der Waals surface area (Å²) < 4.78 is 5.16. The monoisotopic (exact) mass is 151 g/mol. The second-order valence-electron chi connectivity index (χ2n) is 2.22. The fourth-order valence-electron chi connectivity index (χ4n) is 0.820. The maximum atomic E-state index is 5.16. The standard InChI is InChI=1S/C8H11OSi/c1-7(9-10)8-5-3-2-4-6-8/h2-7H,10H2,1H3. The average Bonchev–Trinajstić information content (AvgIpc) is 2.05. The first-order chi connectivity index (χ1) is 4.84. The van der Waals surface area contributed by atoms with Crippen LogP contribution >= 0.6 is 0 Å². The van der Waals surface area contributed by atoms with E-state index in [4.69, 9.17) is 4.43 Å². The Morgan fingerprint density at radius 3 is 2.40 bits per heavy atom. The Hall–Kier alpha value is -0.603. The van der Waals surface area contributed by atoms with Gasteiger partial charge in [-0.1, -0.05) is 30.3 Å². The third-order valence-electron chi connectivity index (χ3n) is 1.52. The van der Waals surface area contributed by atoms with E-state index in [-0.39, 0.29) is 6.10 Å². The molecule has 1 aromatic rings. The summed E-state index contributed by atoms with van der Waals surface area (Å²) in [5.41, 5.74) is 1.23. The number of hydrogen-bond donors (Lipinski definition) is 0. The summed E-state index contributed by atoms with van der Waals surface area (Å²) in [6.07, 6.45) is 0.222. The Morgan fingerprint density at radius 1 is 1.30 bits per heavy atom. The molecule has 1 unspecified atom stereocenters. The van der Waals surface area contributed by atoms with Gasteiger partial charge in [0.15, 0.2) is 10.5 Å². The zero-order chi connectivity index (χ0) is 7.40. The molecule has 1 nitrogen and oxygen atoms in total. The van der Waals surface area contributed by atoms with Gasteiger partial charge in [-0.3, -0.25) is 0 Å². The fourth-order valence-corrected chi connectivity index (χ4v) is 1.01. The quantitative estimate of drug-likeness (QED) is 0.579. The highest BCUT2D eigenvalue weighted by Gasteiger charge is 1.98. The first-order valence-electron chi connectivity index (χ1n) is 3.30. The predicted octanol–water partition coefficient (Wildman–Crippen LogP) is 1.31. The van der Waals surface area contributed by atoms with Gasteiger partial charge >= 0.3 is 0 Å². The topological polar surface area (TPSA) is 9.23 Å². The van der Waals surface area contributed by atoms with Crippen LogP contribution in [0.1, 0.15) is 18.6 Å². The average molecular weight is 151 g/mol. The Bertz CT molecular complexity index is 186. The minimum Gasteiger partial charge on any atom is -0.418 e. The highest BCUT2D eigenvalue weighted by Crippen LogP contribution is 2.13. The molecule has 0 amide bonds. The Morgan fingerprint density at radius 2 is 1.90 bits per heavy atom. The summed E-state index contributed by atoms with van der Waals surface area (Å²) in [6, 6.07) is 10.2. The molecule has 0 bridgehead atoms. The predicted molar refractivity (Wildman–Crippen MR) is 44.5 cm³/mol. The van der Waals surface area contributed by atoms with E-state index in [9.17, 15) is 0 Å². The van der Waals surface area contributed by atoms with Gasteiger partial charge in [-0.2, -0.15) is 0 Å². The van der Waals surface area contributed by atoms with Crippen molar-refractivity contribution in [2.75, 3.05) is 0 Å². The van der Waals surface area contributed by atoms with E-state index in [1.54, 1.807) is 0 Å². The van der Waals surface area contributed by atoms with Crippen LogP contribution < -0.4 is 0 Å². The molecule has 10 heavy (non-hydrogen) atoms. The van der Waals surface area contributed by atoms with E-state index >= 15 is 0 Å². The minimum absolute atomic E-state index is 0.222. The lowest BCUT2D eigenvalue weighted by Crippen LogP contribution is -1.95. The van der Waals surface area contributed by atoms with Crippen molar-refractivity contribution < 1.29 is 4.43 Å². The lowest BCUT2D eigenvalue weighted by atomic mass is 10.1. The molecule has 0 saturated heterocycles. The van der Waals surface area contributed by atoms with Crippen LogP contribution in [0.4, 0.5) is 0 Å². The lowest BCUT2D eigenvalue weighted by Gasteiger charge is -2.08. The molecule has 0 aliphatic rings. The molecule has 1 rings (SSSR count). The van der Waals surface area contributed by atoms with E-state index in [1.807, 2.05) is 25.1 Å². The highest BCUT2D eigenvalue weighted by molar-refractivity contribution is 5.98. The zero-order valence-electron chi connectivity index (χ0n) is 6.08. The van der Waals surface area contributed by atoms with Crippen molar-refractivity contribution in [3.63, 3.8) is 0 Å². The highest BCUT2D eigenvalue weighted by atomic mass is 28.2. The molecule has 2 heteroatoms. The van der Waals surface area contributed by atoms with E-state index in [0.717, 1.165) is 0 Å². The van der Waals surface area contributed by atoms with Gasteiger partial charge in [-0.25, -0.2) is 0 Å². The second kappa shape index (κ2) is 3.54. The van der Waals surface area contributed by atoms with Crippen molar-refractivity contribution in [3.05, 3.63) is 35.9 Å². The van der Waals surface area contributed by atoms with Gasteiger partial charge < -0.3 is 4.43 Å². The lowest BCUT2D eigenvalue weighted by molar-refractivity contribution is 0.251. The molecule has 1 radical (unpaired) electrons. The van der Waals surface area contributed by atoms with Crippen LogP contribution in [0.5, 0.6) is 0 Å². The molecule has 53 valence electrons. The van der Waals surface area contributed by atoms with Gasteiger partial charge in [0.1, 0.15) is 0 Å². The summed E-state index contributed by atoms with van der Waals surface area (Å²) in [7, 11) is 1.54. The molecule has 0 heterocycles. The van der Waals surface area contributed by atoms with Crippen LogP contribution in [-0.4, -0.2) is 10.5 Å². The summed E-state index contributed by atoms with van der Waals surface area (Å²) >= 11 is 0. The molecule has 0 aliphatic heterocycles. The largest absolute Gasteiger partial charge is 0.418 e. The van der Waals surface area contributed by atoms with Gasteiger partial charge in [0.25, 0.3) is 0 Å². The molecular weight excluding hydrogens is 140 g/mol. The number of benzene rings is 1. The smallest absolute Gasteiger partial charge is 0.175 e. The van der Waals surface area contributed by atoms with E-state index in [0.29, 0.717) is 0 Å². The molecule has 0 aliphatic carbocycles. The van der Waals surface area contributed by atoms with Crippen LogP contribution in [0.15, 0.2) is 30.3 Å².